The topological polar surface area (TPSA) is 96.9 Å². The summed E-state index contributed by atoms with van der Waals surface area (Å²) in [5.74, 6) is 0.833. The zero-order valence-electron chi connectivity index (χ0n) is 22.3. The summed E-state index contributed by atoms with van der Waals surface area (Å²) in [5.41, 5.74) is 4.48. The number of aldehydes is 1. The van der Waals surface area contributed by atoms with Crippen LogP contribution in [0, 0.1) is 12.8 Å². The molecule has 2 aromatic rings. The van der Waals surface area contributed by atoms with E-state index in [1.807, 2.05) is 6.92 Å². The predicted octanol–water partition coefficient (Wildman–Crippen LogP) is 5.30. The van der Waals surface area contributed by atoms with Crippen LogP contribution in [0.15, 0.2) is 24.3 Å². The summed E-state index contributed by atoms with van der Waals surface area (Å²) >= 11 is 1.56. The molecule has 35 heavy (non-hydrogen) atoms. The average Bonchev–Trinajstić information content (AvgIpc) is 3.19. The van der Waals surface area contributed by atoms with Crippen LogP contribution < -0.4 is 10.6 Å². The van der Waals surface area contributed by atoms with Crippen LogP contribution in [0.4, 0.5) is 5.69 Å². The molecular weight excluding hydrogens is 464 g/mol. The number of hydrogen-bond acceptors (Lipinski definition) is 8. The Labute approximate surface area is 215 Å². The van der Waals surface area contributed by atoms with Crippen molar-refractivity contribution in [3.8, 4) is 10.4 Å². The number of piperidine rings is 1. The standard InChI is InChI=1S/C20H26N2O2S.C4H10.C2H4O2.CH4O/c1-3-24-13-18-14(2)20(25-19(18)12-23)15-5-4-6-17(11-15)22-16-7-9-21-10-8-16;1-4(2)3;1-4-2-3;1-2/h4-6,11-12,16,21-22H,3,7-10,13H2,1-2H3;4H,1-3H3;2H,1H3;2H,1H3. The maximum absolute atomic E-state index is 11.5. The Bertz CT molecular complexity index is 830. The number of carbonyl (C=O) groups is 2. The molecule has 1 saturated heterocycles. The molecule has 198 valence electrons. The Kier molecular flexibility index (Phi) is 18.7. The van der Waals surface area contributed by atoms with E-state index in [0.29, 0.717) is 25.7 Å². The highest BCUT2D eigenvalue weighted by Crippen LogP contribution is 2.37. The molecule has 7 nitrogen and oxygen atoms in total. The molecule has 1 fully saturated rings. The third kappa shape index (κ3) is 12.9. The number of methoxy groups -OCH3 is 1. The van der Waals surface area contributed by atoms with E-state index in [0.717, 1.165) is 77.4 Å². The summed E-state index contributed by atoms with van der Waals surface area (Å²) < 4.78 is 9.41. The minimum Gasteiger partial charge on any atom is -0.471 e. The third-order valence-electron chi connectivity index (χ3n) is 4.79. The molecule has 1 aliphatic heterocycles. The molecule has 0 bridgehead atoms. The first-order valence-electron chi connectivity index (χ1n) is 12.0. The zero-order valence-corrected chi connectivity index (χ0v) is 23.2. The normalized spacial score (nSPS) is 12.7. The van der Waals surface area contributed by atoms with E-state index >= 15 is 0 Å². The van der Waals surface area contributed by atoms with E-state index in [1.54, 1.807) is 11.3 Å². The lowest BCUT2D eigenvalue weighted by Gasteiger charge is -2.24. The fourth-order valence-corrected chi connectivity index (χ4v) is 4.40. The molecule has 3 rings (SSSR count). The van der Waals surface area contributed by atoms with Crippen LogP contribution in [0.25, 0.3) is 10.4 Å². The highest BCUT2D eigenvalue weighted by Gasteiger charge is 2.17. The van der Waals surface area contributed by atoms with Gasteiger partial charge >= 0.3 is 0 Å². The summed E-state index contributed by atoms with van der Waals surface area (Å²) in [4.78, 5) is 22.3. The smallest absolute Gasteiger partial charge is 0.292 e. The van der Waals surface area contributed by atoms with Gasteiger partial charge in [-0.3, -0.25) is 9.59 Å². The van der Waals surface area contributed by atoms with Crippen molar-refractivity contribution in [3.05, 3.63) is 40.3 Å². The Morgan fingerprint density at radius 1 is 1.20 bits per heavy atom. The second-order valence-electron chi connectivity index (χ2n) is 8.47. The van der Waals surface area contributed by atoms with Gasteiger partial charge in [-0.15, -0.1) is 11.3 Å². The van der Waals surface area contributed by atoms with Gasteiger partial charge in [0.2, 0.25) is 0 Å². The highest BCUT2D eigenvalue weighted by molar-refractivity contribution is 7.17. The van der Waals surface area contributed by atoms with Gasteiger partial charge in [-0.25, -0.2) is 0 Å². The predicted molar refractivity (Wildman–Crippen MR) is 146 cm³/mol. The van der Waals surface area contributed by atoms with Crippen molar-refractivity contribution in [1.29, 1.82) is 0 Å². The number of carbonyl (C=O) groups excluding carboxylic acids is 2. The second kappa shape index (κ2) is 20.0. The molecular formula is C27H44N2O5S. The van der Waals surface area contributed by atoms with Crippen molar-refractivity contribution < 1.29 is 24.2 Å². The first-order valence-corrected chi connectivity index (χ1v) is 12.8. The van der Waals surface area contributed by atoms with Gasteiger partial charge in [0.15, 0.2) is 6.29 Å². The molecule has 0 radical (unpaired) electrons. The molecule has 0 spiro atoms. The van der Waals surface area contributed by atoms with Crippen LogP contribution in [0.2, 0.25) is 0 Å². The number of aliphatic hydroxyl groups is 1. The van der Waals surface area contributed by atoms with Gasteiger partial charge in [0.1, 0.15) is 0 Å². The van der Waals surface area contributed by atoms with Crippen molar-refractivity contribution in [2.75, 3.05) is 39.2 Å². The summed E-state index contributed by atoms with van der Waals surface area (Å²) in [6.45, 7) is 14.2. The first kappa shape index (κ1) is 32.7. The number of benzene rings is 1. The van der Waals surface area contributed by atoms with Crippen LogP contribution in [0.1, 0.15) is 61.3 Å². The van der Waals surface area contributed by atoms with Crippen molar-refractivity contribution in [1.82, 2.24) is 5.32 Å². The third-order valence-corrected chi connectivity index (χ3v) is 6.10. The Morgan fingerprint density at radius 2 is 1.80 bits per heavy atom. The van der Waals surface area contributed by atoms with E-state index in [4.69, 9.17) is 14.6 Å². The maximum atomic E-state index is 11.5. The molecule has 0 atom stereocenters. The monoisotopic (exact) mass is 508 g/mol. The highest BCUT2D eigenvalue weighted by atomic mass is 32.1. The SMILES string of the molecule is CC(C)C.CCOCc1c(C=O)sc(-c2cccc(NC3CCNCC3)c2)c1C.CO.COC=O. The minimum atomic E-state index is 0.375. The van der Waals surface area contributed by atoms with E-state index in [2.05, 4.69) is 67.3 Å². The van der Waals surface area contributed by atoms with Crippen molar-refractivity contribution >= 4 is 29.8 Å². The number of anilines is 1. The number of ether oxygens (including phenoxy) is 2. The number of nitrogens with one attached hydrogen (secondary N) is 2. The largest absolute Gasteiger partial charge is 0.471 e. The van der Waals surface area contributed by atoms with Crippen LogP contribution in [0.3, 0.4) is 0 Å². The number of thiophene rings is 1. The fourth-order valence-electron chi connectivity index (χ4n) is 3.28. The van der Waals surface area contributed by atoms with E-state index in [1.165, 1.54) is 7.11 Å². The van der Waals surface area contributed by atoms with Crippen LogP contribution in [-0.2, 0) is 20.9 Å². The molecule has 0 aliphatic carbocycles. The van der Waals surface area contributed by atoms with E-state index in [9.17, 15) is 4.79 Å². The lowest BCUT2D eigenvalue weighted by Crippen LogP contribution is -2.35. The molecule has 0 unspecified atom stereocenters. The minimum absolute atomic E-state index is 0.375. The van der Waals surface area contributed by atoms with Gasteiger partial charge in [-0.2, -0.15) is 0 Å². The molecule has 0 amide bonds. The summed E-state index contributed by atoms with van der Waals surface area (Å²) in [6, 6.07) is 9.04. The Balaban J connectivity index is 0.000000994. The molecule has 1 aromatic heterocycles. The van der Waals surface area contributed by atoms with Gasteiger partial charge in [0.05, 0.1) is 18.6 Å². The van der Waals surface area contributed by atoms with Crippen molar-refractivity contribution in [3.63, 3.8) is 0 Å². The van der Waals surface area contributed by atoms with Crippen LogP contribution in [-0.4, -0.2) is 57.8 Å². The van der Waals surface area contributed by atoms with Gasteiger partial charge in [-0.1, -0.05) is 32.9 Å². The quantitative estimate of drug-likeness (QED) is 0.417. The fraction of sp³-hybridized carbons (Fsp3) is 0.556. The lowest BCUT2D eigenvalue weighted by molar-refractivity contribution is -0.126. The summed E-state index contributed by atoms with van der Waals surface area (Å²) in [7, 11) is 2.31. The average molecular weight is 509 g/mol. The van der Waals surface area contributed by atoms with Gasteiger partial charge < -0.3 is 25.2 Å². The molecule has 2 heterocycles. The van der Waals surface area contributed by atoms with E-state index in [-0.39, 0.29) is 0 Å². The van der Waals surface area contributed by atoms with Gasteiger partial charge in [0.25, 0.3) is 6.47 Å². The zero-order chi connectivity index (χ0) is 26.6. The molecule has 1 aromatic carbocycles. The Morgan fingerprint density at radius 3 is 2.31 bits per heavy atom. The summed E-state index contributed by atoms with van der Waals surface area (Å²) in [6.07, 6.45) is 3.25. The number of aliphatic hydroxyl groups excluding tert-OH is 1. The Hall–Kier alpha value is -2.26. The molecule has 1 aliphatic rings. The van der Waals surface area contributed by atoms with Crippen molar-refractivity contribution in [2.45, 2.75) is 60.1 Å². The second-order valence-corrected chi connectivity index (χ2v) is 9.52. The van der Waals surface area contributed by atoms with Crippen molar-refractivity contribution in [2.24, 2.45) is 5.92 Å². The van der Waals surface area contributed by atoms with E-state index < -0.39 is 0 Å². The molecule has 8 heteroatoms. The van der Waals surface area contributed by atoms with Gasteiger partial charge in [0, 0.05) is 35.9 Å². The summed E-state index contributed by atoms with van der Waals surface area (Å²) in [5, 5.41) is 14.0. The molecule has 0 saturated carbocycles. The number of rotatable bonds is 8. The van der Waals surface area contributed by atoms with Crippen LogP contribution >= 0.6 is 11.3 Å². The maximum Gasteiger partial charge on any atom is 0.292 e. The van der Waals surface area contributed by atoms with Gasteiger partial charge in [-0.05, 0) is 69.0 Å². The lowest BCUT2D eigenvalue weighted by atomic mass is 10.0. The van der Waals surface area contributed by atoms with Crippen LogP contribution in [0.5, 0.6) is 0 Å². The molecule has 3 N–H and O–H groups in total. The number of hydrogen-bond donors (Lipinski definition) is 3. The first-order chi connectivity index (χ1) is 16.9.